The third kappa shape index (κ3) is 2.99. The maximum Gasteiger partial charge on any atom is 0.241 e. The number of sulfonamides is 1. The van der Waals surface area contributed by atoms with Gasteiger partial charge in [-0.15, -0.1) is 10.2 Å². The average Bonchev–Trinajstić information content (AvgIpc) is 2.98. The first-order chi connectivity index (χ1) is 10.0. The monoisotopic (exact) mass is 324 g/mol. The maximum absolute atomic E-state index is 12.2. The molecule has 10 heteroatoms. The van der Waals surface area contributed by atoms with Gasteiger partial charge in [-0.05, 0) is 30.3 Å². The van der Waals surface area contributed by atoms with Gasteiger partial charge in [-0.25, -0.2) is 18.1 Å². The average molecular weight is 325 g/mol. The molecule has 0 aliphatic heterocycles. The summed E-state index contributed by atoms with van der Waals surface area (Å²) < 4.78 is 26.8. The van der Waals surface area contributed by atoms with Crippen molar-refractivity contribution in [1.29, 1.82) is 0 Å². The van der Waals surface area contributed by atoms with Crippen molar-refractivity contribution in [3.8, 4) is 0 Å². The second-order valence-corrected chi connectivity index (χ2v) is 6.30. The molecule has 0 saturated heterocycles. The van der Waals surface area contributed by atoms with E-state index < -0.39 is 10.0 Å². The Morgan fingerprint density at radius 3 is 2.86 bits per heavy atom. The summed E-state index contributed by atoms with van der Waals surface area (Å²) in [5.41, 5.74) is 0.625. The molecule has 8 nitrogen and oxygen atoms in total. The number of rotatable bonds is 4. The van der Waals surface area contributed by atoms with E-state index in [0.29, 0.717) is 16.1 Å². The maximum atomic E-state index is 12.2. The van der Waals surface area contributed by atoms with E-state index in [1.54, 1.807) is 18.2 Å². The molecule has 2 aromatic heterocycles. The number of fused-ring (bicyclic) bond motifs is 1. The summed E-state index contributed by atoms with van der Waals surface area (Å²) in [7, 11) is -3.67. The number of halogens is 1. The molecule has 2 N–H and O–H groups in total. The van der Waals surface area contributed by atoms with Gasteiger partial charge in [0.25, 0.3) is 0 Å². The van der Waals surface area contributed by atoms with Gasteiger partial charge < -0.3 is 0 Å². The highest BCUT2D eigenvalue weighted by atomic mass is 35.5. The van der Waals surface area contributed by atoms with Crippen molar-refractivity contribution in [1.82, 2.24) is 30.3 Å². The lowest BCUT2D eigenvalue weighted by atomic mass is 10.2. The van der Waals surface area contributed by atoms with Crippen LogP contribution in [0.5, 0.6) is 0 Å². The first-order valence-corrected chi connectivity index (χ1v) is 7.69. The fourth-order valence-electron chi connectivity index (χ4n) is 1.75. The van der Waals surface area contributed by atoms with E-state index in [1.807, 2.05) is 0 Å². The number of tetrazole rings is 1. The Morgan fingerprint density at radius 1 is 1.24 bits per heavy atom. The molecule has 0 aliphatic rings. The van der Waals surface area contributed by atoms with Crippen molar-refractivity contribution in [2.24, 2.45) is 0 Å². The zero-order valence-corrected chi connectivity index (χ0v) is 12.1. The summed E-state index contributed by atoms with van der Waals surface area (Å²) >= 11 is 5.79. The number of nitrogens with zero attached hydrogens (tertiary/aromatic N) is 4. The van der Waals surface area contributed by atoms with Crippen molar-refractivity contribution in [2.75, 3.05) is 0 Å². The van der Waals surface area contributed by atoms with Crippen LogP contribution < -0.4 is 4.72 Å². The van der Waals surface area contributed by atoms with Crippen LogP contribution in [0.2, 0.25) is 5.15 Å². The Labute approximate surface area is 124 Å². The molecule has 0 unspecified atom stereocenters. The molecule has 0 fully saturated rings. The van der Waals surface area contributed by atoms with Gasteiger partial charge in [0.05, 0.1) is 17.0 Å². The number of pyridine rings is 1. The number of benzene rings is 1. The molecule has 0 spiro atoms. The zero-order chi connectivity index (χ0) is 14.9. The lowest BCUT2D eigenvalue weighted by Gasteiger charge is -2.06. The summed E-state index contributed by atoms with van der Waals surface area (Å²) in [5, 5.41) is 14.0. The quantitative estimate of drug-likeness (QED) is 0.689. The van der Waals surface area contributed by atoms with E-state index >= 15 is 0 Å². The molecule has 21 heavy (non-hydrogen) atoms. The second-order valence-electron chi connectivity index (χ2n) is 4.14. The van der Waals surface area contributed by atoms with E-state index in [2.05, 4.69) is 30.3 Å². The van der Waals surface area contributed by atoms with Crippen LogP contribution in [0, 0.1) is 0 Å². The molecule has 0 bridgehead atoms. The van der Waals surface area contributed by atoms with Gasteiger partial charge in [0.15, 0.2) is 5.82 Å². The Kier molecular flexibility index (Phi) is 3.53. The van der Waals surface area contributed by atoms with Gasteiger partial charge in [0, 0.05) is 5.39 Å². The van der Waals surface area contributed by atoms with Gasteiger partial charge >= 0.3 is 0 Å². The third-order valence-corrected chi connectivity index (χ3v) is 4.36. The molecule has 3 aromatic rings. The number of hydrogen-bond acceptors (Lipinski definition) is 6. The topological polar surface area (TPSA) is 114 Å². The number of nitrogens with one attached hydrogen (secondary N) is 2. The molecular weight excluding hydrogens is 316 g/mol. The molecule has 0 aliphatic carbocycles. The lowest BCUT2D eigenvalue weighted by Crippen LogP contribution is -2.23. The van der Waals surface area contributed by atoms with E-state index in [9.17, 15) is 8.42 Å². The smallest absolute Gasteiger partial charge is 0.236 e. The van der Waals surface area contributed by atoms with Gasteiger partial charge in [-0.1, -0.05) is 16.8 Å². The van der Waals surface area contributed by atoms with Crippen LogP contribution in [0.3, 0.4) is 0 Å². The lowest BCUT2D eigenvalue weighted by molar-refractivity contribution is 0.579. The molecule has 1 aromatic carbocycles. The van der Waals surface area contributed by atoms with Gasteiger partial charge in [-0.3, -0.25) is 0 Å². The van der Waals surface area contributed by atoms with Gasteiger partial charge in [-0.2, -0.15) is 5.21 Å². The normalized spacial score (nSPS) is 11.9. The molecule has 2 heterocycles. The van der Waals surface area contributed by atoms with E-state index in [4.69, 9.17) is 11.6 Å². The fraction of sp³-hybridized carbons (Fsp3) is 0.0909. The Hall–Kier alpha value is -2.10. The Bertz CT molecular complexity index is 881. The summed E-state index contributed by atoms with van der Waals surface area (Å²) in [6.07, 6.45) is 0. The highest BCUT2D eigenvalue weighted by Gasteiger charge is 2.15. The number of H-pyrrole nitrogens is 1. The summed E-state index contributed by atoms with van der Waals surface area (Å²) in [5.74, 6) is 0.257. The first-order valence-electron chi connectivity index (χ1n) is 5.83. The molecule has 0 amide bonds. The van der Waals surface area contributed by atoms with Crippen molar-refractivity contribution >= 4 is 32.5 Å². The fourth-order valence-corrected chi connectivity index (χ4v) is 2.92. The largest absolute Gasteiger partial charge is 0.241 e. The van der Waals surface area contributed by atoms with Crippen LogP contribution in [0.4, 0.5) is 0 Å². The van der Waals surface area contributed by atoms with Crippen LogP contribution in [-0.4, -0.2) is 34.0 Å². The van der Waals surface area contributed by atoms with Crippen LogP contribution >= 0.6 is 11.6 Å². The number of aromatic nitrogens is 5. The Balaban J connectivity index is 1.89. The highest BCUT2D eigenvalue weighted by molar-refractivity contribution is 7.89. The van der Waals surface area contributed by atoms with Crippen molar-refractivity contribution < 1.29 is 8.42 Å². The summed E-state index contributed by atoms with van der Waals surface area (Å²) in [6.45, 7) is -0.0459. The molecule has 108 valence electrons. The predicted octanol–water partition coefficient (Wildman–Crippen LogP) is 0.880. The van der Waals surface area contributed by atoms with E-state index in [1.165, 1.54) is 12.1 Å². The third-order valence-electron chi connectivity index (χ3n) is 2.75. The molecule has 0 saturated carbocycles. The van der Waals surface area contributed by atoms with E-state index in [-0.39, 0.29) is 17.3 Å². The standard InChI is InChI=1S/C11H9ClN6O2S/c12-10-4-1-7-5-8(2-3-9(7)14-10)21(19,20)13-6-11-15-17-18-16-11/h1-5,13H,6H2,(H,15,16,17,18). The zero-order valence-electron chi connectivity index (χ0n) is 10.5. The molecule has 0 atom stereocenters. The van der Waals surface area contributed by atoms with Crippen molar-refractivity contribution in [2.45, 2.75) is 11.4 Å². The molecular formula is C11H9ClN6O2S. The van der Waals surface area contributed by atoms with Crippen LogP contribution in [0.1, 0.15) is 5.82 Å². The van der Waals surface area contributed by atoms with Gasteiger partial charge in [0.2, 0.25) is 10.0 Å². The highest BCUT2D eigenvalue weighted by Crippen LogP contribution is 2.19. The van der Waals surface area contributed by atoms with Gasteiger partial charge in [0.1, 0.15) is 5.15 Å². The Morgan fingerprint density at radius 2 is 2.10 bits per heavy atom. The van der Waals surface area contributed by atoms with Crippen molar-refractivity contribution in [3.63, 3.8) is 0 Å². The minimum absolute atomic E-state index is 0.0459. The number of aromatic amines is 1. The van der Waals surface area contributed by atoms with Crippen LogP contribution in [0.25, 0.3) is 10.9 Å². The first kappa shape index (κ1) is 13.9. The van der Waals surface area contributed by atoms with E-state index in [0.717, 1.165) is 0 Å². The minimum Gasteiger partial charge on any atom is -0.236 e. The van der Waals surface area contributed by atoms with Crippen LogP contribution in [0.15, 0.2) is 35.2 Å². The SMILES string of the molecule is O=S(=O)(NCc1nn[nH]n1)c1ccc2nc(Cl)ccc2c1. The molecule has 0 radical (unpaired) electrons. The van der Waals surface area contributed by atoms with Crippen LogP contribution in [-0.2, 0) is 16.6 Å². The summed E-state index contributed by atoms with van der Waals surface area (Å²) in [6, 6.07) is 7.90. The molecule has 3 rings (SSSR count). The van der Waals surface area contributed by atoms with Crippen molar-refractivity contribution in [3.05, 3.63) is 41.3 Å². The number of hydrogen-bond donors (Lipinski definition) is 2. The summed E-state index contributed by atoms with van der Waals surface area (Å²) in [4.78, 5) is 4.23. The second kappa shape index (κ2) is 5.35. The predicted molar refractivity (Wildman–Crippen MR) is 75.0 cm³/mol. The minimum atomic E-state index is -3.67.